The molecule has 2 aliphatic rings. The molecule has 1 heterocycles. The lowest BCUT2D eigenvalue weighted by molar-refractivity contribution is -0.133. The fourth-order valence-electron chi connectivity index (χ4n) is 6.23. The van der Waals surface area contributed by atoms with Crippen LogP contribution in [0, 0.1) is 11.3 Å². The molecule has 1 saturated heterocycles. The number of carbonyl (C=O) groups excluding carboxylic acids is 2. The Morgan fingerprint density at radius 1 is 1.04 bits per heavy atom. The highest BCUT2D eigenvalue weighted by Gasteiger charge is 2.61. The molecule has 4 rings (SSSR count). The van der Waals surface area contributed by atoms with Crippen molar-refractivity contribution in [2.24, 2.45) is 11.3 Å². The summed E-state index contributed by atoms with van der Waals surface area (Å²) in [5, 5.41) is 18.0. The molecule has 11 heteroatoms. The molecule has 0 unspecified atom stereocenters. The normalized spacial score (nSPS) is 21.8. The topological polar surface area (TPSA) is 128 Å². The van der Waals surface area contributed by atoms with E-state index in [9.17, 15) is 23.1 Å². The molecule has 2 fully saturated rings. The summed E-state index contributed by atoms with van der Waals surface area (Å²) in [6.07, 6.45) is 1.32. The molecule has 2 amide bonds. The lowest BCUT2D eigenvalue weighted by Gasteiger charge is -2.35. The van der Waals surface area contributed by atoms with E-state index in [0.29, 0.717) is 12.2 Å². The van der Waals surface area contributed by atoms with Crippen LogP contribution in [0.25, 0.3) is 0 Å². The molecule has 2 aromatic rings. The smallest absolute Gasteiger partial charge is 0.243 e. The highest BCUT2D eigenvalue weighted by Crippen LogP contribution is 2.54. The van der Waals surface area contributed by atoms with Crippen molar-refractivity contribution in [3.05, 3.63) is 60.2 Å². The molecule has 3 N–H and O–H groups in total. The summed E-state index contributed by atoms with van der Waals surface area (Å²) in [4.78, 5) is 29.3. The fraction of sp³-hybridized carbons (Fsp3) is 0.588. The summed E-state index contributed by atoms with van der Waals surface area (Å²) in [7, 11) is -2.47. The van der Waals surface area contributed by atoms with Gasteiger partial charge in [-0.05, 0) is 73.5 Å². The number of nitrogens with zero attached hydrogens (tertiary/aromatic N) is 2. The number of sulfonamides is 1. The van der Waals surface area contributed by atoms with Gasteiger partial charge in [-0.1, -0.05) is 65.0 Å². The monoisotopic (exact) mass is 642 g/mol. The van der Waals surface area contributed by atoms with E-state index in [0.717, 1.165) is 31.5 Å². The van der Waals surface area contributed by atoms with E-state index in [4.69, 9.17) is 4.74 Å². The molecule has 1 aliphatic carbocycles. The summed E-state index contributed by atoms with van der Waals surface area (Å²) in [6.45, 7) is 11.4. The van der Waals surface area contributed by atoms with Gasteiger partial charge in [0.25, 0.3) is 0 Å². The van der Waals surface area contributed by atoms with Crippen LogP contribution in [-0.4, -0.2) is 92.1 Å². The number of ether oxygens (including phenoxy) is 1. The van der Waals surface area contributed by atoms with E-state index >= 15 is 0 Å². The van der Waals surface area contributed by atoms with Gasteiger partial charge in [-0.2, -0.15) is 4.31 Å². The van der Waals surface area contributed by atoms with Crippen molar-refractivity contribution in [2.45, 2.75) is 82.4 Å². The van der Waals surface area contributed by atoms with Gasteiger partial charge in [-0.25, -0.2) is 8.42 Å². The first-order valence-corrected chi connectivity index (χ1v) is 17.3. The van der Waals surface area contributed by atoms with Crippen molar-refractivity contribution in [3.63, 3.8) is 0 Å². The average Bonchev–Trinajstić information content (AvgIpc) is 3.49. The molecule has 1 aliphatic heterocycles. The molecule has 0 bridgehead atoms. The lowest BCUT2D eigenvalue weighted by Crippen LogP contribution is -2.60. The maximum absolute atomic E-state index is 14.0. The Kier molecular flexibility index (Phi) is 11.0. The second kappa shape index (κ2) is 14.2. The number of rotatable bonds is 14. The number of benzene rings is 2. The molecule has 2 aromatic carbocycles. The van der Waals surface area contributed by atoms with Crippen LogP contribution in [0.3, 0.4) is 0 Å². The van der Waals surface area contributed by atoms with E-state index in [1.54, 1.807) is 12.1 Å². The van der Waals surface area contributed by atoms with Crippen molar-refractivity contribution in [2.75, 3.05) is 39.8 Å². The van der Waals surface area contributed by atoms with Crippen molar-refractivity contribution < 1.29 is 27.9 Å². The Hall–Kier alpha value is -2.99. The molecule has 1 saturated carbocycles. The zero-order valence-electron chi connectivity index (χ0n) is 27.5. The number of carbonyl (C=O) groups is 2. The van der Waals surface area contributed by atoms with E-state index in [1.807, 2.05) is 65.0 Å². The summed E-state index contributed by atoms with van der Waals surface area (Å²) in [6, 6.07) is 14.9. The van der Waals surface area contributed by atoms with Crippen molar-refractivity contribution in [1.82, 2.24) is 19.8 Å². The van der Waals surface area contributed by atoms with Gasteiger partial charge in [0.15, 0.2) is 0 Å². The van der Waals surface area contributed by atoms with E-state index in [2.05, 4.69) is 15.5 Å². The molecule has 4 atom stereocenters. The highest BCUT2D eigenvalue weighted by molar-refractivity contribution is 7.89. The van der Waals surface area contributed by atoms with Crippen LogP contribution in [0.5, 0.6) is 5.75 Å². The zero-order valence-corrected chi connectivity index (χ0v) is 28.3. The molecule has 10 nitrogen and oxygen atoms in total. The zero-order chi connectivity index (χ0) is 33.0. The second-order valence-corrected chi connectivity index (χ2v) is 15.9. The quantitative estimate of drug-likeness (QED) is 0.288. The van der Waals surface area contributed by atoms with Gasteiger partial charge in [0.2, 0.25) is 21.8 Å². The number of hydrogen-bond acceptors (Lipinski definition) is 7. The van der Waals surface area contributed by atoms with Gasteiger partial charge < -0.3 is 20.5 Å². The van der Waals surface area contributed by atoms with Gasteiger partial charge in [0.05, 0.1) is 30.2 Å². The third kappa shape index (κ3) is 8.44. The number of hydrogen-bond donors (Lipinski definition) is 3. The molecule has 248 valence electrons. The molecular formula is C34H50N4O6S. The number of nitrogens with one attached hydrogen (secondary N) is 2. The molecule has 0 spiro atoms. The van der Waals surface area contributed by atoms with E-state index in [1.165, 1.54) is 23.5 Å². The Labute approximate surface area is 268 Å². The maximum Gasteiger partial charge on any atom is 0.243 e. The summed E-state index contributed by atoms with van der Waals surface area (Å²) in [5.74, 6) is -0.330. The summed E-state index contributed by atoms with van der Waals surface area (Å²) < 4.78 is 34.2. The fourth-order valence-corrected chi connectivity index (χ4v) is 7.84. The molecule has 0 aromatic heterocycles. The van der Waals surface area contributed by atoms with Crippen molar-refractivity contribution in [3.8, 4) is 5.75 Å². The summed E-state index contributed by atoms with van der Waals surface area (Å²) >= 11 is 0. The van der Waals surface area contributed by atoms with E-state index < -0.39 is 39.0 Å². The summed E-state index contributed by atoms with van der Waals surface area (Å²) in [5.41, 5.74) is -0.794. The lowest BCUT2D eigenvalue weighted by atomic mass is 9.85. The number of amides is 2. The Morgan fingerprint density at radius 2 is 1.67 bits per heavy atom. The molecule has 0 radical (unpaired) electrons. The highest BCUT2D eigenvalue weighted by atomic mass is 32.2. The minimum absolute atomic E-state index is 0.0176. The SMILES string of the molecule is COc1ccc(S(=O)(=O)N(CC(C)C)C[C@@H](O)[C@]2(NC(=O)[C@@H](NC(=O)CN3CCCC3)C(C)(C)C)C[C@@H]2c2ccccc2)cc1. The number of methoxy groups -OCH3 is 1. The standard InChI is InChI=1S/C34H50N4O6S/c1-24(2)21-38(45(42,43)27-16-14-26(44-6)15-17-27)22-29(39)34(20-28(34)25-12-8-7-9-13-25)36-32(41)31(33(3,4)5)35-30(40)23-37-18-10-11-19-37/h7-9,12-17,24,28-29,31,39H,10-11,18-23H2,1-6H3,(H,35,40)(H,36,41)/t28-,29-,31-,34+/m1/s1. The first-order chi connectivity index (χ1) is 21.2. The maximum atomic E-state index is 14.0. The Bertz CT molecular complexity index is 1400. The second-order valence-electron chi connectivity index (χ2n) is 14.0. The van der Waals surface area contributed by atoms with Crippen LogP contribution in [-0.2, 0) is 19.6 Å². The van der Waals surface area contributed by atoms with Crippen LogP contribution >= 0.6 is 0 Å². The first-order valence-electron chi connectivity index (χ1n) is 15.9. The minimum Gasteiger partial charge on any atom is -0.497 e. The van der Waals surface area contributed by atoms with Gasteiger partial charge in [-0.15, -0.1) is 0 Å². The van der Waals surface area contributed by atoms with Gasteiger partial charge in [0, 0.05) is 19.0 Å². The van der Waals surface area contributed by atoms with Crippen LogP contribution in [0.1, 0.15) is 65.4 Å². The van der Waals surface area contributed by atoms with Gasteiger partial charge >= 0.3 is 0 Å². The third-order valence-electron chi connectivity index (χ3n) is 8.80. The van der Waals surface area contributed by atoms with E-state index in [-0.39, 0.29) is 42.3 Å². The Balaban J connectivity index is 1.61. The van der Waals surface area contributed by atoms with Crippen LogP contribution in [0.4, 0.5) is 0 Å². The van der Waals surface area contributed by atoms with Crippen LogP contribution in [0.15, 0.2) is 59.5 Å². The van der Waals surface area contributed by atoms with Gasteiger partial charge in [-0.3, -0.25) is 14.5 Å². The van der Waals surface area contributed by atoms with Gasteiger partial charge in [0.1, 0.15) is 11.8 Å². The largest absolute Gasteiger partial charge is 0.497 e. The van der Waals surface area contributed by atoms with Crippen molar-refractivity contribution in [1.29, 1.82) is 0 Å². The number of likely N-dealkylation sites (tertiary alicyclic amines) is 1. The third-order valence-corrected chi connectivity index (χ3v) is 10.6. The Morgan fingerprint density at radius 3 is 2.22 bits per heavy atom. The minimum atomic E-state index is -3.98. The molecular weight excluding hydrogens is 592 g/mol. The average molecular weight is 643 g/mol. The van der Waals surface area contributed by atoms with Crippen LogP contribution < -0.4 is 15.4 Å². The first kappa shape index (κ1) is 34.9. The van der Waals surface area contributed by atoms with Crippen molar-refractivity contribution >= 4 is 21.8 Å². The number of aliphatic hydroxyl groups is 1. The number of aliphatic hydroxyl groups excluding tert-OH is 1. The molecule has 45 heavy (non-hydrogen) atoms. The predicted molar refractivity (Wildman–Crippen MR) is 174 cm³/mol. The van der Waals surface area contributed by atoms with Crippen LogP contribution in [0.2, 0.25) is 0 Å². The predicted octanol–water partition coefficient (Wildman–Crippen LogP) is 3.37.